The standard InChI is InChI=1S/C17H25N3O4S/c1-14-3-4-15(17(21)19-7-2-5-18-6-8-19)13-16(14)25(22,23)20-9-11-24-12-10-20/h3-4,13,18H,2,5-12H2,1H3. The maximum absolute atomic E-state index is 12.9. The molecule has 1 amide bonds. The molecule has 7 nitrogen and oxygen atoms in total. The molecule has 0 radical (unpaired) electrons. The van der Waals surface area contributed by atoms with Crippen LogP contribution in [0, 0.1) is 6.92 Å². The average molecular weight is 367 g/mol. The van der Waals surface area contributed by atoms with Crippen LogP contribution in [0.2, 0.25) is 0 Å². The van der Waals surface area contributed by atoms with Crippen LogP contribution in [0.3, 0.4) is 0 Å². The number of sulfonamides is 1. The minimum absolute atomic E-state index is 0.109. The molecule has 1 aromatic rings. The van der Waals surface area contributed by atoms with Crippen LogP contribution in [0.5, 0.6) is 0 Å². The van der Waals surface area contributed by atoms with Crippen molar-refractivity contribution in [2.45, 2.75) is 18.2 Å². The Morgan fingerprint density at radius 1 is 1.12 bits per heavy atom. The van der Waals surface area contributed by atoms with Gasteiger partial charge in [0.25, 0.3) is 5.91 Å². The number of carbonyl (C=O) groups excluding carboxylic acids is 1. The van der Waals surface area contributed by atoms with Crippen molar-refractivity contribution in [2.75, 3.05) is 52.5 Å². The largest absolute Gasteiger partial charge is 0.379 e. The van der Waals surface area contributed by atoms with Crippen LogP contribution in [0.4, 0.5) is 0 Å². The zero-order valence-corrected chi connectivity index (χ0v) is 15.3. The molecule has 2 aliphatic heterocycles. The van der Waals surface area contributed by atoms with Gasteiger partial charge in [-0.3, -0.25) is 4.79 Å². The second kappa shape index (κ2) is 7.82. The molecular formula is C17H25N3O4S. The van der Waals surface area contributed by atoms with E-state index in [-0.39, 0.29) is 10.8 Å². The lowest BCUT2D eigenvalue weighted by molar-refractivity contribution is 0.0729. The summed E-state index contributed by atoms with van der Waals surface area (Å²) in [5.41, 5.74) is 1.08. The predicted octanol–water partition coefficient (Wildman–Crippen LogP) is 0.451. The molecule has 0 bridgehead atoms. The lowest BCUT2D eigenvalue weighted by atomic mass is 10.1. The first-order valence-electron chi connectivity index (χ1n) is 8.69. The quantitative estimate of drug-likeness (QED) is 0.839. The predicted molar refractivity (Wildman–Crippen MR) is 94.1 cm³/mol. The molecule has 0 aliphatic carbocycles. The molecule has 2 fully saturated rings. The number of ether oxygens (including phenoxy) is 1. The molecule has 138 valence electrons. The van der Waals surface area contributed by atoms with Crippen LogP contribution < -0.4 is 5.32 Å². The van der Waals surface area contributed by atoms with E-state index >= 15 is 0 Å². The van der Waals surface area contributed by atoms with Crippen molar-refractivity contribution in [3.05, 3.63) is 29.3 Å². The molecule has 0 atom stereocenters. The molecular weight excluding hydrogens is 342 g/mol. The zero-order valence-electron chi connectivity index (χ0n) is 14.5. The number of nitrogens with zero attached hydrogens (tertiary/aromatic N) is 2. The fourth-order valence-corrected chi connectivity index (χ4v) is 4.83. The Morgan fingerprint density at radius 2 is 1.88 bits per heavy atom. The first kappa shape index (κ1) is 18.3. The van der Waals surface area contributed by atoms with Gasteiger partial charge < -0.3 is 15.0 Å². The number of morpholine rings is 1. The summed E-state index contributed by atoms with van der Waals surface area (Å²) in [5.74, 6) is -0.109. The number of benzene rings is 1. The van der Waals surface area contributed by atoms with E-state index in [4.69, 9.17) is 4.74 Å². The SMILES string of the molecule is Cc1ccc(C(=O)N2CCCNCC2)cc1S(=O)(=O)N1CCOCC1. The van der Waals surface area contributed by atoms with Gasteiger partial charge in [-0.05, 0) is 37.6 Å². The van der Waals surface area contributed by atoms with Crippen molar-refractivity contribution < 1.29 is 17.9 Å². The van der Waals surface area contributed by atoms with Gasteiger partial charge in [-0.1, -0.05) is 6.07 Å². The van der Waals surface area contributed by atoms with Gasteiger partial charge in [-0.15, -0.1) is 0 Å². The summed E-state index contributed by atoms with van der Waals surface area (Å²) in [6.45, 7) is 6.23. The Bertz CT molecular complexity index is 721. The summed E-state index contributed by atoms with van der Waals surface area (Å²) < 4.78 is 32.6. The highest BCUT2D eigenvalue weighted by atomic mass is 32.2. The first-order chi connectivity index (χ1) is 12.0. The minimum atomic E-state index is -3.62. The monoisotopic (exact) mass is 367 g/mol. The number of amides is 1. The molecule has 25 heavy (non-hydrogen) atoms. The number of hydrogen-bond donors (Lipinski definition) is 1. The highest BCUT2D eigenvalue weighted by molar-refractivity contribution is 7.89. The van der Waals surface area contributed by atoms with Gasteiger partial charge >= 0.3 is 0 Å². The fraction of sp³-hybridized carbons (Fsp3) is 0.588. The number of nitrogens with one attached hydrogen (secondary N) is 1. The molecule has 3 rings (SSSR count). The van der Waals surface area contributed by atoms with E-state index in [2.05, 4.69) is 5.32 Å². The third-order valence-electron chi connectivity index (χ3n) is 4.65. The molecule has 1 aromatic carbocycles. The highest BCUT2D eigenvalue weighted by Crippen LogP contribution is 2.23. The summed E-state index contributed by atoms with van der Waals surface area (Å²) in [7, 11) is -3.62. The van der Waals surface area contributed by atoms with E-state index in [9.17, 15) is 13.2 Å². The molecule has 1 N–H and O–H groups in total. The van der Waals surface area contributed by atoms with Crippen molar-refractivity contribution in [3.63, 3.8) is 0 Å². The summed E-state index contributed by atoms with van der Waals surface area (Å²) in [5, 5.41) is 3.26. The van der Waals surface area contributed by atoms with Crippen molar-refractivity contribution in [3.8, 4) is 0 Å². The Hall–Kier alpha value is -1.48. The normalized spacial score (nSPS) is 20.3. The molecule has 8 heteroatoms. The number of rotatable bonds is 3. The van der Waals surface area contributed by atoms with Crippen molar-refractivity contribution in [1.82, 2.24) is 14.5 Å². The van der Waals surface area contributed by atoms with Gasteiger partial charge in [-0.25, -0.2) is 8.42 Å². The van der Waals surface area contributed by atoms with Crippen LogP contribution in [0.1, 0.15) is 22.3 Å². The first-order valence-corrected chi connectivity index (χ1v) is 10.1. The van der Waals surface area contributed by atoms with Crippen molar-refractivity contribution >= 4 is 15.9 Å². The van der Waals surface area contributed by atoms with Crippen LogP contribution >= 0.6 is 0 Å². The molecule has 0 aromatic heterocycles. The molecule has 0 spiro atoms. The number of aryl methyl sites for hydroxylation is 1. The maximum atomic E-state index is 12.9. The topological polar surface area (TPSA) is 79.0 Å². The lowest BCUT2D eigenvalue weighted by Gasteiger charge is -2.27. The van der Waals surface area contributed by atoms with Crippen LogP contribution in [-0.4, -0.2) is 76.0 Å². The smallest absolute Gasteiger partial charge is 0.253 e. The molecule has 2 aliphatic rings. The van der Waals surface area contributed by atoms with Crippen LogP contribution in [0.15, 0.2) is 23.1 Å². The van der Waals surface area contributed by atoms with Gasteiger partial charge in [-0.2, -0.15) is 4.31 Å². The van der Waals surface area contributed by atoms with Crippen LogP contribution in [-0.2, 0) is 14.8 Å². The van der Waals surface area contributed by atoms with Crippen molar-refractivity contribution in [1.29, 1.82) is 0 Å². The van der Waals surface area contributed by atoms with Crippen LogP contribution in [0.25, 0.3) is 0 Å². The third-order valence-corrected chi connectivity index (χ3v) is 6.69. The number of carbonyl (C=O) groups is 1. The van der Waals surface area contributed by atoms with Gasteiger partial charge in [0, 0.05) is 38.3 Å². The Balaban J connectivity index is 1.88. The maximum Gasteiger partial charge on any atom is 0.253 e. The lowest BCUT2D eigenvalue weighted by Crippen LogP contribution is -2.41. The second-order valence-electron chi connectivity index (χ2n) is 6.39. The summed E-state index contributed by atoms with van der Waals surface area (Å²) in [4.78, 5) is 14.8. The summed E-state index contributed by atoms with van der Waals surface area (Å²) in [6, 6.07) is 4.96. The number of hydrogen-bond acceptors (Lipinski definition) is 5. The highest BCUT2D eigenvalue weighted by Gasteiger charge is 2.29. The van der Waals surface area contributed by atoms with Gasteiger partial charge in [0.05, 0.1) is 18.1 Å². The van der Waals surface area contributed by atoms with E-state index in [1.807, 2.05) is 0 Å². The van der Waals surface area contributed by atoms with E-state index in [1.54, 1.807) is 24.0 Å². The Morgan fingerprint density at radius 3 is 2.64 bits per heavy atom. The minimum Gasteiger partial charge on any atom is -0.379 e. The van der Waals surface area contributed by atoms with E-state index in [1.165, 1.54) is 10.4 Å². The fourth-order valence-electron chi connectivity index (χ4n) is 3.17. The molecule has 0 unspecified atom stereocenters. The molecule has 2 heterocycles. The van der Waals surface area contributed by atoms with Gasteiger partial charge in [0.1, 0.15) is 0 Å². The Labute approximate surface area is 149 Å². The zero-order chi connectivity index (χ0) is 17.9. The third kappa shape index (κ3) is 4.03. The Kier molecular flexibility index (Phi) is 5.73. The molecule has 0 saturated carbocycles. The van der Waals surface area contributed by atoms with Crippen molar-refractivity contribution in [2.24, 2.45) is 0 Å². The second-order valence-corrected chi connectivity index (χ2v) is 8.30. The van der Waals surface area contributed by atoms with Gasteiger partial charge in [0.15, 0.2) is 0 Å². The summed E-state index contributed by atoms with van der Waals surface area (Å²) in [6.07, 6.45) is 0.899. The van der Waals surface area contributed by atoms with E-state index < -0.39 is 10.0 Å². The van der Waals surface area contributed by atoms with Gasteiger partial charge in [0.2, 0.25) is 10.0 Å². The summed E-state index contributed by atoms with van der Waals surface area (Å²) >= 11 is 0. The molecule has 2 saturated heterocycles. The van der Waals surface area contributed by atoms with E-state index in [0.29, 0.717) is 50.5 Å². The average Bonchev–Trinajstić information content (AvgIpc) is 2.91. The van der Waals surface area contributed by atoms with E-state index in [0.717, 1.165) is 19.5 Å².